The fraction of sp³-hybridized carbons (Fsp3) is 0.739. The molecule has 1 aromatic rings. The van der Waals surface area contributed by atoms with Gasteiger partial charge in [0.05, 0.1) is 24.5 Å². The third kappa shape index (κ3) is 11.6. The van der Waals surface area contributed by atoms with Crippen LogP contribution in [0, 0.1) is 18.8 Å². The number of rotatable bonds is 16. The number of anilines is 2. The Morgan fingerprint density at radius 3 is 2.51 bits per heavy atom. The minimum atomic E-state index is -1.98. The minimum absolute atomic E-state index is 0.194. The highest BCUT2D eigenvalue weighted by Crippen LogP contribution is 2.30. The second-order valence-corrected chi connectivity index (χ2v) is 9.96. The molecule has 0 aromatic carbocycles. The number of aryl methyl sites for hydroxylation is 1. The first kappa shape index (κ1) is 31.1. The zero-order valence-electron chi connectivity index (χ0n) is 22.2. The Morgan fingerprint density at radius 2 is 1.94 bits per heavy atom. The molecule has 0 aliphatic carbocycles. The molecular weight excluding hydrogens is 471 g/mol. The molecule has 200 valence electrons. The van der Waals surface area contributed by atoms with E-state index >= 15 is 0 Å². The van der Waals surface area contributed by atoms with Crippen LogP contribution in [-0.4, -0.2) is 66.1 Å². The maximum absolute atomic E-state index is 11.9. The predicted molar refractivity (Wildman–Crippen MR) is 141 cm³/mol. The van der Waals surface area contributed by atoms with Crippen LogP contribution in [0.4, 0.5) is 17.5 Å². The molecule has 0 saturated carbocycles. The second-order valence-electron chi connectivity index (χ2n) is 8.90. The van der Waals surface area contributed by atoms with Gasteiger partial charge in [0.15, 0.2) is 5.82 Å². The lowest BCUT2D eigenvalue weighted by Gasteiger charge is -2.24. The quantitative estimate of drug-likeness (QED) is 0.146. The lowest BCUT2D eigenvalue weighted by molar-refractivity contribution is -0.149. The minimum Gasteiger partial charge on any atom is -0.462 e. The van der Waals surface area contributed by atoms with Crippen LogP contribution >= 0.6 is 8.53 Å². The van der Waals surface area contributed by atoms with Crippen molar-refractivity contribution in [1.29, 1.82) is 0 Å². The number of nitrogens with two attached hydrogens (primary N) is 1. The van der Waals surface area contributed by atoms with Gasteiger partial charge in [-0.25, -0.2) is 10.1 Å². The Morgan fingerprint density at radius 1 is 1.26 bits per heavy atom. The highest BCUT2D eigenvalue weighted by molar-refractivity contribution is 7.43. The maximum Gasteiger partial charge on any atom is 0.323 e. The SMILES string of the molecule is CCC(C=Nc1c(C)nc(N)nc1NC)CC(C)CC(CO[P@](O)NC(C)C(=O)OC(C)C)OC. The van der Waals surface area contributed by atoms with Gasteiger partial charge in [-0.3, -0.25) is 9.79 Å². The number of aliphatic imine (C=N–C) groups is 1. The van der Waals surface area contributed by atoms with E-state index in [0.29, 0.717) is 17.4 Å². The van der Waals surface area contributed by atoms with Gasteiger partial charge in [-0.1, -0.05) is 13.8 Å². The van der Waals surface area contributed by atoms with E-state index in [9.17, 15) is 9.69 Å². The normalized spacial score (nSPS) is 16.2. The van der Waals surface area contributed by atoms with E-state index in [1.807, 2.05) is 13.1 Å². The van der Waals surface area contributed by atoms with Crippen LogP contribution in [0.2, 0.25) is 0 Å². The Bertz CT molecular complexity index is 813. The number of nitrogen functional groups attached to an aromatic ring is 1. The Hall–Kier alpha value is -1.91. The van der Waals surface area contributed by atoms with Crippen LogP contribution in [0.5, 0.6) is 0 Å². The summed E-state index contributed by atoms with van der Waals surface area (Å²) >= 11 is 0. The fourth-order valence-corrected chi connectivity index (χ4v) is 4.29. The number of ether oxygens (including phenoxy) is 2. The summed E-state index contributed by atoms with van der Waals surface area (Å²) in [6, 6.07) is -0.670. The Kier molecular flexibility index (Phi) is 14.2. The molecular formula is C23H43N6O5P. The summed E-state index contributed by atoms with van der Waals surface area (Å²) in [5.41, 5.74) is 7.14. The van der Waals surface area contributed by atoms with Crippen molar-refractivity contribution in [3.8, 4) is 0 Å². The van der Waals surface area contributed by atoms with Crippen LogP contribution in [-0.2, 0) is 18.8 Å². The fourth-order valence-electron chi connectivity index (χ4n) is 3.47. The molecule has 0 fully saturated rings. The van der Waals surface area contributed by atoms with Crippen molar-refractivity contribution < 1.29 is 23.7 Å². The molecule has 12 heteroatoms. The van der Waals surface area contributed by atoms with Crippen LogP contribution in [0.15, 0.2) is 4.99 Å². The van der Waals surface area contributed by atoms with Gasteiger partial charge >= 0.3 is 5.97 Å². The highest BCUT2D eigenvalue weighted by Gasteiger charge is 2.22. The summed E-state index contributed by atoms with van der Waals surface area (Å²) in [5, 5.41) is 5.75. The molecule has 1 heterocycles. The van der Waals surface area contributed by atoms with Gasteiger partial charge in [0.25, 0.3) is 8.53 Å². The molecule has 0 saturated heterocycles. The van der Waals surface area contributed by atoms with Gasteiger partial charge in [0.2, 0.25) is 5.95 Å². The molecule has 5 atom stereocenters. The summed E-state index contributed by atoms with van der Waals surface area (Å²) in [4.78, 5) is 35.1. The van der Waals surface area contributed by atoms with Crippen molar-refractivity contribution >= 4 is 38.2 Å². The van der Waals surface area contributed by atoms with E-state index in [1.54, 1.807) is 34.9 Å². The number of hydrogen-bond donors (Lipinski definition) is 4. The largest absolute Gasteiger partial charge is 0.462 e. The average molecular weight is 515 g/mol. The topological polar surface area (TPSA) is 153 Å². The van der Waals surface area contributed by atoms with E-state index in [2.05, 4.69) is 39.2 Å². The maximum atomic E-state index is 11.9. The van der Waals surface area contributed by atoms with Crippen molar-refractivity contribution in [3.63, 3.8) is 0 Å². The number of hydrogen-bond acceptors (Lipinski definition) is 11. The Balaban J connectivity index is 2.60. The molecule has 5 N–H and O–H groups in total. The predicted octanol–water partition coefficient (Wildman–Crippen LogP) is 3.73. The van der Waals surface area contributed by atoms with Gasteiger partial charge in [-0.05, 0) is 58.8 Å². The summed E-state index contributed by atoms with van der Waals surface area (Å²) in [7, 11) is 1.42. The second kappa shape index (κ2) is 16.0. The van der Waals surface area contributed by atoms with E-state index in [4.69, 9.17) is 19.7 Å². The van der Waals surface area contributed by atoms with E-state index in [0.717, 1.165) is 25.0 Å². The van der Waals surface area contributed by atoms with E-state index in [-0.39, 0.29) is 30.7 Å². The van der Waals surface area contributed by atoms with Gasteiger partial charge in [0.1, 0.15) is 11.7 Å². The molecule has 0 aliphatic rings. The zero-order chi connectivity index (χ0) is 26.5. The third-order valence-electron chi connectivity index (χ3n) is 5.35. The van der Waals surface area contributed by atoms with Crippen LogP contribution in [0.3, 0.4) is 0 Å². The number of nitrogens with zero attached hydrogens (tertiary/aromatic N) is 3. The van der Waals surface area contributed by atoms with Crippen molar-refractivity contribution in [1.82, 2.24) is 15.1 Å². The lowest BCUT2D eigenvalue weighted by atomic mass is 9.91. The van der Waals surface area contributed by atoms with E-state index < -0.39 is 20.5 Å². The number of aromatic nitrogens is 2. The molecule has 0 bridgehead atoms. The molecule has 11 nitrogen and oxygen atoms in total. The standard InChI is InChI=1S/C23H43N6O5P/c1-9-18(12-26-20-16(5)27-23(24)28-21(20)25-7)10-15(4)11-19(32-8)13-33-35(31)29-17(6)22(30)34-14(2)3/h12,14-15,17-19,29,31H,9-11,13H2,1-8H3,(H3,24,25,27,28)/t15?,17?,18?,19?,35-/m0/s1. The molecule has 4 unspecified atom stereocenters. The first-order valence-corrected chi connectivity index (χ1v) is 13.2. The molecule has 1 aromatic heterocycles. The molecule has 35 heavy (non-hydrogen) atoms. The third-order valence-corrected chi connectivity index (χ3v) is 6.35. The summed E-state index contributed by atoms with van der Waals surface area (Å²) in [5.74, 6) is 0.967. The molecule has 0 radical (unpaired) electrons. The molecule has 0 aliphatic heterocycles. The van der Waals surface area contributed by atoms with Gasteiger partial charge in [-0.15, -0.1) is 0 Å². The molecule has 1 rings (SSSR count). The van der Waals surface area contributed by atoms with Crippen LogP contribution in [0.25, 0.3) is 0 Å². The van der Waals surface area contributed by atoms with Crippen molar-refractivity contribution in [3.05, 3.63) is 5.69 Å². The van der Waals surface area contributed by atoms with Gasteiger partial charge < -0.3 is 29.9 Å². The molecule has 0 amide bonds. The number of nitrogens with one attached hydrogen (secondary N) is 2. The molecule has 0 spiro atoms. The van der Waals surface area contributed by atoms with Crippen LogP contribution in [0.1, 0.15) is 59.6 Å². The number of carbonyl (C=O) groups is 1. The number of esters is 1. The van der Waals surface area contributed by atoms with Crippen LogP contribution < -0.4 is 16.1 Å². The van der Waals surface area contributed by atoms with E-state index in [1.165, 1.54) is 0 Å². The van der Waals surface area contributed by atoms with Gasteiger partial charge in [-0.2, -0.15) is 4.98 Å². The lowest BCUT2D eigenvalue weighted by Crippen LogP contribution is -2.34. The first-order chi connectivity index (χ1) is 16.5. The first-order valence-electron chi connectivity index (χ1n) is 12.0. The summed E-state index contributed by atoms with van der Waals surface area (Å²) < 4.78 is 16.2. The highest BCUT2D eigenvalue weighted by atomic mass is 31.2. The summed E-state index contributed by atoms with van der Waals surface area (Å²) in [6.45, 7) is 11.5. The number of carbonyl (C=O) groups excluding carboxylic acids is 1. The van der Waals surface area contributed by atoms with Crippen molar-refractivity contribution in [2.75, 3.05) is 31.8 Å². The smallest absolute Gasteiger partial charge is 0.323 e. The monoisotopic (exact) mass is 514 g/mol. The van der Waals surface area contributed by atoms with Gasteiger partial charge in [0, 0.05) is 20.4 Å². The summed E-state index contributed by atoms with van der Waals surface area (Å²) in [6.07, 6.45) is 4.13. The zero-order valence-corrected chi connectivity index (χ0v) is 23.1. The number of methoxy groups -OCH3 is 1. The Labute approximate surface area is 210 Å². The van der Waals surface area contributed by atoms with Crippen molar-refractivity contribution in [2.45, 2.75) is 79.1 Å². The van der Waals surface area contributed by atoms with Crippen molar-refractivity contribution in [2.24, 2.45) is 16.8 Å². The average Bonchev–Trinajstić information content (AvgIpc) is 2.79.